The standard InChI is InChI=1S/C18H24N4O2/c1-12-9-15(18(23)19-10-14-7-4-8-24-14)16-11-20-22(17(16)21-12)13-5-2-3-6-13/h9,11,13-14H,2-8,10H2,1H3,(H,19,23)/t14-/m1/s1. The molecule has 1 saturated heterocycles. The van der Waals surface area contributed by atoms with Gasteiger partial charge in [0.05, 0.1) is 29.3 Å². The molecule has 1 saturated carbocycles. The van der Waals surface area contributed by atoms with Crippen molar-refractivity contribution in [1.29, 1.82) is 0 Å². The number of hydrogen-bond donors (Lipinski definition) is 1. The van der Waals surface area contributed by atoms with Crippen LogP contribution in [-0.4, -0.2) is 39.9 Å². The minimum Gasteiger partial charge on any atom is -0.376 e. The average Bonchev–Trinajstić information content (AvgIpc) is 3.31. The van der Waals surface area contributed by atoms with Crippen LogP contribution in [0.5, 0.6) is 0 Å². The van der Waals surface area contributed by atoms with Gasteiger partial charge in [-0.1, -0.05) is 12.8 Å². The molecular weight excluding hydrogens is 304 g/mol. The molecule has 3 heterocycles. The summed E-state index contributed by atoms with van der Waals surface area (Å²) in [5, 5.41) is 8.40. The van der Waals surface area contributed by atoms with E-state index in [4.69, 9.17) is 4.74 Å². The van der Waals surface area contributed by atoms with Crippen LogP contribution in [0.3, 0.4) is 0 Å². The average molecular weight is 328 g/mol. The SMILES string of the molecule is Cc1cc(C(=O)NC[C@H]2CCCO2)c2cnn(C3CCCC3)c2n1. The summed E-state index contributed by atoms with van der Waals surface area (Å²) in [6, 6.07) is 2.27. The maximum atomic E-state index is 12.7. The molecule has 2 aromatic heterocycles. The monoisotopic (exact) mass is 328 g/mol. The largest absolute Gasteiger partial charge is 0.376 e. The lowest BCUT2D eigenvalue weighted by molar-refractivity contribution is 0.0859. The molecule has 1 aliphatic carbocycles. The number of ether oxygens (including phenoxy) is 1. The Morgan fingerprint density at radius 3 is 2.92 bits per heavy atom. The topological polar surface area (TPSA) is 69.0 Å². The van der Waals surface area contributed by atoms with E-state index in [1.165, 1.54) is 12.8 Å². The maximum Gasteiger partial charge on any atom is 0.252 e. The quantitative estimate of drug-likeness (QED) is 0.937. The molecule has 4 rings (SSSR count). The van der Waals surface area contributed by atoms with Crippen LogP contribution in [-0.2, 0) is 4.74 Å². The zero-order valence-electron chi connectivity index (χ0n) is 14.1. The zero-order chi connectivity index (χ0) is 16.5. The van der Waals surface area contributed by atoms with Gasteiger partial charge in [0.25, 0.3) is 5.91 Å². The number of rotatable bonds is 4. The number of nitrogens with one attached hydrogen (secondary N) is 1. The van der Waals surface area contributed by atoms with Gasteiger partial charge in [-0.2, -0.15) is 5.10 Å². The van der Waals surface area contributed by atoms with Crippen LogP contribution in [0.15, 0.2) is 12.3 Å². The number of aryl methyl sites for hydroxylation is 1. The van der Waals surface area contributed by atoms with Crippen molar-refractivity contribution in [2.24, 2.45) is 0 Å². The third-order valence-electron chi connectivity index (χ3n) is 5.12. The number of carbonyl (C=O) groups is 1. The fourth-order valence-corrected chi connectivity index (χ4v) is 3.85. The maximum absolute atomic E-state index is 12.7. The lowest BCUT2D eigenvalue weighted by atomic mass is 10.1. The van der Waals surface area contributed by atoms with Gasteiger partial charge in [0.15, 0.2) is 5.65 Å². The molecule has 2 aliphatic rings. The smallest absolute Gasteiger partial charge is 0.252 e. The van der Waals surface area contributed by atoms with Crippen molar-refractivity contribution in [2.45, 2.75) is 57.6 Å². The van der Waals surface area contributed by atoms with Gasteiger partial charge in [0, 0.05) is 18.8 Å². The van der Waals surface area contributed by atoms with Gasteiger partial charge < -0.3 is 10.1 Å². The van der Waals surface area contributed by atoms with Crippen molar-refractivity contribution in [3.8, 4) is 0 Å². The van der Waals surface area contributed by atoms with E-state index in [9.17, 15) is 4.79 Å². The molecule has 0 bridgehead atoms. The number of pyridine rings is 1. The van der Waals surface area contributed by atoms with E-state index >= 15 is 0 Å². The number of fused-ring (bicyclic) bond motifs is 1. The van der Waals surface area contributed by atoms with Crippen molar-refractivity contribution >= 4 is 16.9 Å². The third-order valence-corrected chi connectivity index (χ3v) is 5.12. The van der Waals surface area contributed by atoms with Crippen LogP contribution >= 0.6 is 0 Å². The van der Waals surface area contributed by atoms with Gasteiger partial charge in [-0.3, -0.25) is 4.79 Å². The molecule has 1 amide bonds. The summed E-state index contributed by atoms with van der Waals surface area (Å²) in [4.78, 5) is 17.3. The fraction of sp³-hybridized carbons (Fsp3) is 0.611. The highest BCUT2D eigenvalue weighted by molar-refractivity contribution is 6.05. The Bertz CT molecular complexity index is 743. The van der Waals surface area contributed by atoms with E-state index in [-0.39, 0.29) is 12.0 Å². The number of amides is 1. The molecular formula is C18H24N4O2. The fourth-order valence-electron chi connectivity index (χ4n) is 3.85. The molecule has 0 unspecified atom stereocenters. The van der Waals surface area contributed by atoms with Gasteiger partial charge in [0.2, 0.25) is 0 Å². The Kier molecular flexibility index (Phi) is 4.22. The van der Waals surface area contributed by atoms with Gasteiger partial charge in [0.1, 0.15) is 0 Å². The first-order chi connectivity index (χ1) is 11.7. The Morgan fingerprint density at radius 2 is 2.17 bits per heavy atom. The molecule has 6 nitrogen and oxygen atoms in total. The minimum atomic E-state index is -0.0630. The molecule has 1 aliphatic heterocycles. The van der Waals surface area contributed by atoms with Gasteiger partial charge in [-0.05, 0) is 38.7 Å². The summed E-state index contributed by atoms with van der Waals surface area (Å²) in [7, 11) is 0. The normalized spacial score (nSPS) is 21.6. The molecule has 2 aromatic rings. The Morgan fingerprint density at radius 1 is 1.33 bits per heavy atom. The number of nitrogens with zero attached hydrogens (tertiary/aromatic N) is 3. The lowest BCUT2D eigenvalue weighted by Crippen LogP contribution is -2.32. The summed E-state index contributed by atoms with van der Waals surface area (Å²) >= 11 is 0. The number of aromatic nitrogens is 3. The van der Waals surface area contributed by atoms with Crippen LogP contribution in [0.2, 0.25) is 0 Å². The van der Waals surface area contributed by atoms with Crippen molar-refractivity contribution in [3.63, 3.8) is 0 Å². The second-order valence-electron chi connectivity index (χ2n) is 6.92. The predicted molar refractivity (Wildman–Crippen MR) is 91.1 cm³/mol. The van der Waals surface area contributed by atoms with E-state index in [1.54, 1.807) is 6.20 Å². The van der Waals surface area contributed by atoms with Crippen LogP contribution in [0, 0.1) is 6.92 Å². The van der Waals surface area contributed by atoms with E-state index in [0.29, 0.717) is 18.2 Å². The summed E-state index contributed by atoms with van der Waals surface area (Å²) in [6.07, 6.45) is 8.81. The summed E-state index contributed by atoms with van der Waals surface area (Å²) in [5.41, 5.74) is 2.36. The molecule has 1 atom stereocenters. The van der Waals surface area contributed by atoms with E-state index in [2.05, 4.69) is 15.4 Å². The Labute approximate surface area is 141 Å². The van der Waals surface area contributed by atoms with E-state index < -0.39 is 0 Å². The molecule has 0 spiro atoms. The highest BCUT2D eigenvalue weighted by atomic mass is 16.5. The van der Waals surface area contributed by atoms with E-state index in [1.807, 2.05) is 17.7 Å². The molecule has 6 heteroatoms. The van der Waals surface area contributed by atoms with Crippen LogP contribution in [0.4, 0.5) is 0 Å². The first kappa shape index (κ1) is 15.6. The summed E-state index contributed by atoms with van der Waals surface area (Å²) in [6.45, 7) is 3.30. The summed E-state index contributed by atoms with van der Waals surface area (Å²) in [5.74, 6) is -0.0630. The molecule has 24 heavy (non-hydrogen) atoms. The predicted octanol–water partition coefficient (Wildman–Crippen LogP) is 2.76. The number of carbonyl (C=O) groups excluding carboxylic acids is 1. The van der Waals surface area contributed by atoms with Crippen molar-refractivity contribution in [3.05, 3.63) is 23.5 Å². The molecule has 128 valence electrons. The van der Waals surface area contributed by atoms with Gasteiger partial charge >= 0.3 is 0 Å². The van der Waals surface area contributed by atoms with Crippen molar-refractivity contribution in [1.82, 2.24) is 20.1 Å². The highest BCUT2D eigenvalue weighted by Crippen LogP contribution is 2.31. The Hall–Kier alpha value is -1.95. The first-order valence-corrected chi connectivity index (χ1v) is 8.97. The Balaban J connectivity index is 1.61. The lowest BCUT2D eigenvalue weighted by Gasteiger charge is -2.13. The van der Waals surface area contributed by atoms with Crippen molar-refractivity contribution in [2.75, 3.05) is 13.2 Å². The van der Waals surface area contributed by atoms with Crippen LogP contribution in [0.1, 0.15) is 60.6 Å². The van der Waals surface area contributed by atoms with Crippen LogP contribution < -0.4 is 5.32 Å². The number of hydrogen-bond acceptors (Lipinski definition) is 4. The summed E-state index contributed by atoms with van der Waals surface area (Å²) < 4.78 is 7.60. The molecule has 1 N–H and O–H groups in total. The van der Waals surface area contributed by atoms with Crippen molar-refractivity contribution < 1.29 is 9.53 Å². The van der Waals surface area contributed by atoms with Gasteiger partial charge in [-0.15, -0.1) is 0 Å². The van der Waals surface area contributed by atoms with E-state index in [0.717, 1.165) is 49.0 Å². The molecule has 0 aromatic carbocycles. The first-order valence-electron chi connectivity index (χ1n) is 8.97. The second kappa shape index (κ2) is 6.51. The highest BCUT2D eigenvalue weighted by Gasteiger charge is 2.23. The molecule has 0 radical (unpaired) electrons. The van der Waals surface area contributed by atoms with Gasteiger partial charge in [-0.25, -0.2) is 9.67 Å². The van der Waals surface area contributed by atoms with Crippen LogP contribution in [0.25, 0.3) is 11.0 Å². The zero-order valence-corrected chi connectivity index (χ0v) is 14.1. The molecule has 2 fully saturated rings. The minimum absolute atomic E-state index is 0.0630. The second-order valence-corrected chi connectivity index (χ2v) is 6.92. The third kappa shape index (κ3) is 2.90.